The van der Waals surface area contributed by atoms with E-state index in [1.54, 1.807) is 11.3 Å². The number of benzene rings is 1. The summed E-state index contributed by atoms with van der Waals surface area (Å²) < 4.78 is 1.35. The van der Waals surface area contributed by atoms with Crippen LogP contribution in [0, 0.1) is 11.8 Å². The molecule has 4 aliphatic rings. The van der Waals surface area contributed by atoms with Crippen molar-refractivity contribution < 1.29 is 4.79 Å². The van der Waals surface area contributed by atoms with E-state index in [4.69, 9.17) is 0 Å². The number of amides is 1. The van der Waals surface area contributed by atoms with E-state index in [1.165, 1.54) is 41.5 Å². The highest BCUT2D eigenvalue weighted by atomic mass is 32.1. The van der Waals surface area contributed by atoms with Crippen molar-refractivity contribution in [1.29, 1.82) is 0 Å². The molecule has 2 bridgehead atoms. The van der Waals surface area contributed by atoms with E-state index in [1.807, 2.05) is 0 Å². The summed E-state index contributed by atoms with van der Waals surface area (Å²) in [6.45, 7) is 6.87. The predicted molar refractivity (Wildman–Crippen MR) is 101 cm³/mol. The lowest BCUT2D eigenvalue weighted by atomic mass is 9.85. The van der Waals surface area contributed by atoms with Crippen LogP contribution in [0.15, 0.2) is 24.3 Å². The first-order valence-electron chi connectivity index (χ1n) is 9.58. The zero-order valence-electron chi connectivity index (χ0n) is 14.8. The van der Waals surface area contributed by atoms with Crippen LogP contribution in [-0.2, 0) is 5.41 Å². The van der Waals surface area contributed by atoms with Gasteiger partial charge in [-0.2, -0.15) is 0 Å². The fourth-order valence-electron chi connectivity index (χ4n) is 5.57. The largest absolute Gasteiger partial charge is 0.346 e. The first-order chi connectivity index (χ1) is 12.0. The Kier molecular flexibility index (Phi) is 2.64. The van der Waals surface area contributed by atoms with Crippen molar-refractivity contribution in [3.8, 4) is 0 Å². The molecule has 4 heteroatoms. The Morgan fingerprint density at radius 1 is 1.32 bits per heavy atom. The molecule has 2 aromatic rings. The first-order valence-corrected chi connectivity index (χ1v) is 10.4. The predicted octanol–water partition coefficient (Wildman–Crippen LogP) is 3.78. The Balaban J connectivity index is 1.32. The van der Waals surface area contributed by atoms with Crippen molar-refractivity contribution >= 4 is 27.3 Å². The van der Waals surface area contributed by atoms with Gasteiger partial charge in [-0.15, -0.1) is 11.3 Å². The van der Waals surface area contributed by atoms with E-state index in [-0.39, 0.29) is 17.5 Å². The van der Waals surface area contributed by atoms with Gasteiger partial charge in [-0.3, -0.25) is 9.69 Å². The van der Waals surface area contributed by atoms with Gasteiger partial charge in [-0.25, -0.2) is 0 Å². The van der Waals surface area contributed by atoms with Gasteiger partial charge in [0, 0.05) is 22.2 Å². The maximum atomic E-state index is 13.0. The van der Waals surface area contributed by atoms with Crippen molar-refractivity contribution in [3.05, 3.63) is 34.7 Å². The number of piperidine rings is 1. The van der Waals surface area contributed by atoms with Crippen LogP contribution in [0.2, 0.25) is 0 Å². The van der Waals surface area contributed by atoms with Gasteiger partial charge in [-0.05, 0) is 68.5 Å². The van der Waals surface area contributed by atoms with E-state index in [2.05, 4.69) is 48.3 Å². The topological polar surface area (TPSA) is 32.3 Å². The van der Waals surface area contributed by atoms with Crippen molar-refractivity contribution in [2.75, 3.05) is 13.1 Å². The average Bonchev–Trinajstić information content (AvgIpc) is 3.21. The number of hydrogen-bond acceptors (Lipinski definition) is 3. The Morgan fingerprint density at radius 2 is 2.12 bits per heavy atom. The number of thiophene rings is 1. The highest BCUT2D eigenvalue weighted by Crippen LogP contribution is 2.76. The molecule has 130 valence electrons. The summed E-state index contributed by atoms with van der Waals surface area (Å²) in [6.07, 6.45) is 3.94. The summed E-state index contributed by atoms with van der Waals surface area (Å²) in [5.41, 5.74) is 2.08. The lowest BCUT2D eigenvalue weighted by Crippen LogP contribution is -2.56. The highest BCUT2D eigenvalue weighted by molar-refractivity contribution is 7.21. The molecule has 1 aromatic carbocycles. The maximum Gasteiger partial charge on any atom is 0.261 e. The van der Waals surface area contributed by atoms with Gasteiger partial charge in [0.2, 0.25) is 0 Å². The van der Waals surface area contributed by atoms with E-state index < -0.39 is 0 Å². The normalized spacial score (nSPS) is 39.4. The van der Waals surface area contributed by atoms with Gasteiger partial charge in [0.15, 0.2) is 0 Å². The van der Waals surface area contributed by atoms with Gasteiger partial charge in [-0.1, -0.05) is 18.2 Å². The summed E-state index contributed by atoms with van der Waals surface area (Å²) in [5, 5.41) is 4.64. The van der Waals surface area contributed by atoms with Gasteiger partial charge in [0.05, 0.1) is 10.9 Å². The monoisotopic (exact) mass is 352 g/mol. The number of carbonyl (C=O) groups is 1. The lowest BCUT2D eigenvalue weighted by Gasteiger charge is -2.40. The zero-order chi connectivity index (χ0) is 17.0. The van der Waals surface area contributed by atoms with E-state index in [0.29, 0.717) is 11.3 Å². The molecule has 2 saturated carbocycles. The molecule has 1 aromatic heterocycles. The van der Waals surface area contributed by atoms with E-state index in [0.717, 1.165) is 17.3 Å². The molecule has 3 heterocycles. The van der Waals surface area contributed by atoms with Crippen molar-refractivity contribution in [2.45, 2.75) is 50.1 Å². The number of nitrogens with one attached hydrogen (secondary N) is 1. The van der Waals surface area contributed by atoms with Gasteiger partial charge < -0.3 is 5.32 Å². The zero-order valence-corrected chi connectivity index (χ0v) is 15.7. The molecule has 2 aliphatic carbocycles. The number of fused-ring (bicyclic) bond motifs is 4. The minimum atomic E-state index is 0.0780. The standard InChI is InChI=1S/C21H24N2OS/c1-20(2)18(13-6-7-23(20)11-13)22-19(24)16-8-12-4-3-5-15(17(12)25-16)21-9-14(21)10-21/h3-5,8,13-14,18H,6-7,9-11H2,1-2H3,(H,22,24)/t13?,14?,18-,21?/m1/s1. The van der Waals surface area contributed by atoms with Crippen LogP contribution < -0.4 is 5.32 Å². The van der Waals surface area contributed by atoms with Crippen molar-refractivity contribution in [3.63, 3.8) is 0 Å². The lowest BCUT2D eigenvalue weighted by molar-refractivity contribution is 0.0839. The number of hydrogen-bond donors (Lipinski definition) is 1. The summed E-state index contributed by atoms with van der Waals surface area (Å²) in [4.78, 5) is 16.4. The first kappa shape index (κ1) is 14.7. The molecule has 1 amide bonds. The molecule has 2 unspecified atom stereocenters. The number of nitrogens with zero attached hydrogens (tertiary/aromatic N) is 1. The second-order valence-electron chi connectivity index (χ2n) is 9.20. The number of rotatable bonds is 3. The summed E-state index contributed by atoms with van der Waals surface area (Å²) in [5.74, 6) is 1.67. The van der Waals surface area contributed by atoms with Gasteiger partial charge in [0.25, 0.3) is 5.91 Å². The maximum absolute atomic E-state index is 13.0. The molecule has 2 aliphatic heterocycles. The third kappa shape index (κ3) is 1.87. The molecule has 25 heavy (non-hydrogen) atoms. The average molecular weight is 353 g/mol. The van der Waals surface area contributed by atoms with Crippen LogP contribution >= 0.6 is 11.3 Å². The SMILES string of the molecule is CC1(C)[C@H](NC(=O)c2cc3cccc(C45CC4C5)c3s2)C2CCN1C2. The Hall–Kier alpha value is -1.39. The van der Waals surface area contributed by atoms with E-state index >= 15 is 0 Å². The van der Waals surface area contributed by atoms with Crippen LogP contribution in [0.4, 0.5) is 0 Å². The number of carbonyl (C=O) groups excluding carboxylic acids is 1. The summed E-state index contributed by atoms with van der Waals surface area (Å²) in [6, 6.07) is 9.00. The van der Waals surface area contributed by atoms with Crippen LogP contribution in [0.3, 0.4) is 0 Å². The van der Waals surface area contributed by atoms with Crippen LogP contribution in [0.5, 0.6) is 0 Å². The second kappa shape index (κ2) is 4.47. The molecule has 3 nitrogen and oxygen atoms in total. The second-order valence-corrected chi connectivity index (χ2v) is 10.2. The quantitative estimate of drug-likeness (QED) is 0.912. The fraction of sp³-hybridized carbons (Fsp3) is 0.571. The fourth-order valence-corrected chi connectivity index (χ4v) is 6.76. The molecule has 0 radical (unpaired) electrons. The third-order valence-electron chi connectivity index (χ3n) is 7.55. The summed E-state index contributed by atoms with van der Waals surface area (Å²) >= 11 is 1.70. The summed E-state index contributed by atoms with van der Waals surface area (Å²) in [7, 11) is 0. The smallest absolute Gasteiger partial charge is 0.261 e. The van der Waals surface area contributed by atoms with E-state index in [9.17, 15) is 4.79 Å². The van der Waals surface area contributed by atoms with Gasteiger partial charge in [0.1, 0.15) is 0 Å². The Bertz CT molecular complexity index is 908. The van der Waals surface area contributed by atoms with Crippen LogP contribution in [0.1, 0.15) is 48.3 Å². The molecule has 2 saturated heterocycles. The Morgan fingerprint density at radius 3 is 2.80 bits per heavy atom. The Labute approximate surface area is 152 Å². The molecule has 1 N–H and O–H groups in total. The molecule has 6 rings (SSSR count). The molecule has 4 fully saturated rings. The third-order valence-corrected chi connectivity index (χ3v) is 8.73. The minimum Gasteiger partial charge on any atom is -0.346 e. The highest BCUT2D eigenvalue weighted by Gasteiger charge is 2.70. The molecule has 0 spiro atoms. The van der Waals surface area contributed by atoms with Crippen LogP contribution in [-0.4, -0.2) is 35.5 Å². The molecule has 3 atom stereocenters. The van der Waals surface area contributed by atoms with Crippen LogP contribution in [0.25, 0.3) is 10.1 Å². The van der Waals surface area contributed by atoms with Gasteiger partial charge >= 0.3 is 0 Å². The van der Waals surface area contributed by atoms with Crippen molar-refractivity contribution in [1.82, 2.24) is 10.2 Å². The van der Waals surface area contributed by atoms with Crippen molar-refractivity contribution in [2.24, 2.45) is 11.8 Å². The molecular formula is C21H24N2OS. The molecular weight excluding hydrogens is 328 g/mol. The minimum absolute atomic E-state index is 0.0780.